The summed E-state index contributed by atoms with van der Waals surface area (Å²) < 4.78 is 27.5. The van der Waals surface area contributed by atoms with Crippen LogP contribution in [-0.2, 0) is 16.6 Å². The smallest absolute Gasteiger partial charge is 0.243 e. The van der Waals surface area contributed by atoms with Crippen LogP contribution in [0, 0.1) is 6.92 Å². The Bertz CT molecular complexity index is 837. The molecule has 0 radical (unpaired) electrons. The van der Waals surface area contributed by atoms with Crippen molar-refractivity contribution in [3.63, 3.8) is 0 Å². The Labute approximate surface area is 163 Å². The lowest BCUT2D eigenvalue weighted by Gasteiger charge is -2.34. The van der Waals surface area contributed by atoms with Crippen molar-refractivity contribution in [3.05, 3.63) is 65.2 Å². The van der Waals surface area contributed by atoms with E-state index >= 15 is 0 Å². The molecule has 4 nitrogen and oxygen atoms in total. The molecule has 0 spiro atoms. The minimum absolute atomic E-state index is 0.404. The van der Waals surface area contributed by atoms with Gasteiger partial charge in [0.2, 0.25) is 10.0 Å². The summed E-state index contributed by atoms with van der Waals surface area (Å²) in [7, 11) is -3.41. The first-order chi connectivity index (χ1) is 12.9. The van der Waals surface area contributed by atoms with Crippen molar-refractivity contribution >= 4 is 10.0 Å². The molecule has 1 unspecified atom stereocenters. The van der Waals surface area contributed by atoms with E-state index in [2.05, 4.69) is 49.9 Å². The normalized spacial score (nSPS) is 17.7. The van der Waals surface area contributed by atoms with Crippen LogP contribution in [0.1, 0.15) is 42.9 Å². The van der Waals surface area contributed by atoms with E-state index in [9.17, 15) is 8.42 Å². The Morgan fingerprint density at radius 2 is 1.52 bits per heavy atom. The van der Waals surface area contributed by atoms with Crippen LogP contribution in [0.2, 0.25) is 0 Å². The van der Waals surface area contributed by atoms with Crippen LogP contribution in [0.4, 0.5) is 0 Å². The first kappa shape index (κ1) is 20.1. The van der Waals surface area contributed by atoms with Crippen molar-refractivity contribution in [1.82, 2.24) is 9.21 Å². The van der Waals surface area contributed by atoms with Gasteiger partial charge in [-0.25, -0.2) is 8.42 Å². The van der Waals surface area contributed by atoms with Crippen LogP contribution in [0.25, 0.3) is 0 Å². The molecule has 0 N–H and O–H groups in total. The van der Waals surface area contributed by atoms with E-state index < -0.39 is 10.0 Å². The number of hydrogen-bond acceptors (Lipinski definition) is 3. The number of rotatable bonds is 6. The van der Waals surface area contributed by atoms with Crippen molar-refractivity contribution in [2.45, 2.75) is 44.6 Å². The lowest BCUT2D eigenvalue weighted by Crippen LogP contribution is -2.48. The summed E-state index contributed by atoms with van der Waals surface area (Å²) in [5, 5.41) is 0. The van der Waals surface area contributed by atoms with E-state index in [1.807, 2.05) is 12.1 Å². The molecule has 3 rings (SSSR count). The molecular weight excluding hydrogens is 356 g/mol. The Hall–Kier alpha value is -1.69. The van der Waals surface area contributed by atoms with Gasteiger partial charge in [-0.2, -0.15) is 4.31 Å². The predicted octanol–water partition coefficient (Wildman–Crippen LogP) is 4.02. The highest BCUT2D eigenvalue weighted by molar-refractivity contribution is 7.89. The van der Waals surface area contributed by atoms with Gasteiger partial charge in [-0.1, -0.05) is 55.8 Å². The number of benzene rings is 2. The quantitative estimate of drug-likeness (QED) is 0.753. The third-order valence-corrected chi connectivity index (χ3v) is 7.47. The fraction of sp³-hybridized carbons (Fsp3) is 0.455. The van der Waals surface area contributed by atoms with Gasteiger partial charge < -0.3 is 0 Å². The van der Waals surface area contributed by atoms with E-state index in [-0.39, 0.29) is 0 Å². The molecule has 1 aliphatic heterocycles. The Morgan fingerprint density at radius 3 is 2.07 bits per heavy atom. The number of aryl methyl sites for hydroxylation is 1. The largest absolute Gasteiger partial charge is 0.296 e. The summed E-state index contributed by atoms with van der Waals surface area (Å²) >= 11 is 0. The van der Waals surface area contributed by atoms with Gasteiger partial charge in [-0.3, -0.25) is 4.90 Å². The minimum Gasteiger partial charge on any atom is -0.296 e. The maximum atomic E-state index is 12.9. The van der Waals surface area contributed by atoms with Gasteiger partial charge in [0.05, 0.1) is 4.90 Å². The van der Waals surface area contributed by atoms with Crippen LogP contribution >= 0.6 is 0 Å². The standard InChI is InChI=1S/C22H30N2O2S/c1-4-19(3)21-9-11-22(12-10-21)27(25,26)24-15-13-23(14-16-24)17-20-7-5-18(2)6-8-20/h5-12,19H,4,13-17H2,1-3H3. The lowest BCUT2D eigenvalue weighted by molar-refractivity contribution is 0.181. The van der Waals surface area contributed by atoms with E-state index in [1.54, 1.807) is 16.4 Å². The van der Waals surface area contributed by atoms with Gasteiger partial charge in [-0.05, 0) is 42.5 Å². The Balaban J connectivity index is 1.61. The second-order valence-electron chi connectivity index (χ2n) is 7.54. The molecule has 27 heavy (non-hydrogen) atoms. The number of piperazine rings is 1. The zero-order valence-electron chi connectivity index (χ0n) is 16.6. The molecule has 1 saturated heterocycles. The Morgan fingerprint density at radius 1 is 0.926 bits per heavy atom. The predicted molar refractivity (Wildman–Crippen MR) is 110 cm³/mol. The topological polar surface area (TPSA) is 40.6 Å². The van der Waals surface area contributed by atoms with Gasteiger partial charge in [0.15, 0.2) is 0 Å². The van der Waals surface area contributed by atoms with Crippen LogP contribution < -0.4 is 0 Å². The summed E-state index contributed by atoms with van der Waals surface area (Å²) in [6.45, 7) is 9.88. The first-order valence-corrected chi connectivity index (χ1v) is 11.2. The molecule has 0 saturated carbocycles. The van der Waals surface area contributed by atoms with Crippen LogP contribution in [-0.4, -0.2) is 43.8 Å². The van der Waals surface area contributed by atoms with Crippen molar-refractivity contribution in [3.8, 4) is 0 Å². The van der Waals surface area contributed by atoms with Crippen molar-refractivity contribution in [2.75, 3.05) is 26.2 Å². The maximum absolute atomic E-state index is 12.9. The average Bonchev–Trinajstić information content (AvgIpc) is 2.69. The van der Waals surface area contributed by atoms with Gasteiger partial charge in [-0.15, -0.1) is 0 Å². The number of sulfonamides is 1. The first-order valence-electron chi connectivity index (χ1n) is 9.78. The van der Waals surface area contributed by atoms with Crippen molar-refractivity contribution < 1.29 is 8.42 Å². The third kappa shape index (κ3) is 4.78. The van der Waals surface area contributed by atoms with Gasteiger partial charge >= 0.3 is 0 Å². The molecule has 2 aromatic carbocycles. The molecule has 146 valence electrons. The van der Waals surface area contributed by atoms with Gasteiger partial charge in [0.25, 0.3) is 0 Å². The SMILES string of the molecule is CCC(C)c1ccc(S(=O)(=O)N2CCN(Cc3ccc(C)cc3)CC2)cc1. The van der Waals surface area contributed by atoms with Gasteiger partial charge in [0.1, 0.15) is 0 Å². The van der Waals surface area contributed by atoms with Crippen LogP contribution in [0.3, 0.4) is 0 Å². The zero-order chi connectivity index (χ0) is 19.4. The highest BCUT2D eigenvalue weighted by atomic mass is 32.2. The molecule has 1 heterocycles. The van der Waals surface area contributed by atoms with Crippen molar-refractivity contribution in [1.29, 1.82) is 0 Å². The van der Waals surface area contributed by atoms with E-state index in [1.165, 1.54) is 16.7 Å². The summed E-state index contributed by atoms with van der Waals surface area (Å²) in [6, 6.07) is 16.0. The molecule has 5 heteroatoms. The van der Waals surface area contributed by atoms with E-state index in [0.717, 1.165) is 26.1 Å². The van der Waals surface area contributed by atoms with E-state index in [4.69, 9.17) is 0 Å². The molecule has 1 fully saturated rings. The highest BCUT2D eigenvalue weighted by Crippen LogP contribution is 2.23. The summed E-state index contributed by atoms with van der Waals surface area (Å²) in [4.78, 5) is 2.73. The summed E-state index contributed by atoms with van der Waals surface area (Å²) in [5.41, 5.74) is 3.73. The molecule has 1 atom stereocenters. The van der Waals surface area contributed by atoms with Crippen LogP contribution in [0.5, 0.6) is 0 Å². The molecular formula is C22H30N2O2S. The number of nitrogens with zero attached hydrogens (tertiary/aromatic N) is 2. The number of hydrogen-bond donors (Lipinski definition) is 0. The monoisotopic (exact) mass is 386 g/mol. The second kappa shape index (κ2) is 8.55. The second-order valence-corrected chi connectivity index (χ2v) is 9.48. The molecule has 0 aromatic heterocycles. The van der Waals surface area contributed by atoms with E-state index in [0.29, 0.717) is 23.9 Å². The fourth-order valence-corrected chi connectivity index (χ4v) is 4.85. The average molecular weight is 387 g/mol. The zero-order valence-corrected chi connectivity index (χ0v) is 17.4. The third-order valence-electron chi connectivity index (χ3n) is 5.56. The van der Waals surface area contributed by atoms with Crippen molar-refractivity contribution in [2.24, 2.45) is 0 Å². The molecule has 1 aliphatic rings. The van der Waals surface area contributed by atoms with Gasteiger partial charge in [0, 0.05) is 32.7 Å². The van der Waals surface area contributed by atoms with Crippen LogP contribution in [0.15, 0.2) is 53.4 Å². The molecule has 0 aliphatic carbocycles. The lowest BCUT2D eigenvalue weighted by atomic mass is 9.99. The fourth-order valence-electron chi connectivity index (χ4n) is 3.43. The molecule has 2 aromatic rings. The highest BCUT2D eigenvalue weighted by Gasteiger charge is 2.28. The summed E-state index contributed by atoms with van der Waals surface area (Å²) in [6.07, 6.45) is 1.05. The molecule has 0 bridgehead atoms. The Kier molecular flexibility index (Phi) is 6.35. The molecule has 0 amide bonds. The minimum atomic E-state index is -3.41. The maximum Gasteiger partial charge on any atom is 0.243 e. The summed E-state index contributed by atoms with van der Waals surface area (Å²) in [5.74, 6) is 0.451.